The third kappa shape index (κ3) is 9.44. The van der Waals surface area contributed by atoms with E-state index in [1.165, 1.54) is 0 Å². The molecule has 0 heterocycles. The Hall–Kier alpha value is 0.104. The van der Waals surface area contributed by atoms with Crippen LogP contribution < -0.4 is 11.3 Å². The van der Waals surface area contributed by atoms with Crippen LogP contribution in [0.1, 0.15) is 6.92 Å². The second-order valence-corrected chi connectivity index (χ2v) is 0.995. The molecule has 0 radical (unpaired) electrons. The summed E-state index contributed by atoms with van der Waals surface area (Å²) in [6, 6.07) is 0. The topological polar surface area (TPSA) is 95.4 Å². The first-order valence-corrected chi connectivity index (χ1v) is 1.53. The molecular weight excluding hydrogens is 146 g/mol. The van der Waals surface area contributed by atoms with Gasteiger partial charge in [0.25, 0.3) is 0 Å². The molecule has 0 bridgehead atoms. The van der Waals surface area contributed by atoms with Gasteiger partial charge in [-0.15, -0.1) is 0 Å². The second kappa shape index (κ2) is 7.10. The molecule has 4 nitrogen and oxygen atoms in total. The molecule has 0 rings (SSSR count). The Morgan fingerprint density at radius 1 is 1.75 bits per heavy atom. The number of aliphatic hydroxyl groups excluding tert-OH is 1. The summed E-state index contributed by atoms with van der Waals surface area (Å²) in [4.78, 5) is 9.34. The Morgan fingerprint density at radius 2 is 1.88 bits per heavy atom. The van der Waals surface area contributed by atoms with Gasteiger partial charge in [-0.25, -0.2) is 0 Å². The second-order valence-electron chi connectivity index (χ2n) is 0.995. The van der Waals surface area contributed by atoms with E-state index in [9.17, 15) is 9.90 Å². The largest absolute Gasteiger partial charge is 0.547 e. The quantitative estimate of drug-likeness (QED) is 0.439. The third-order valence-corrected chi connectivity index (χ3v) is 0.341. The van der Waals surface area contributed by atoms with Crippen molar-refractivity contribution in [1.82, 2.24) is 6.15 Å². The number of carbonyl (C=O) groups is 1. The van der Waals surface area contributed by atoms with E-state index in [1.54, 1.807) is 0 Å². The van der Waals surface area contributed by atoms with Crippen LogP contribution in [-0.4, -0.2) is 17.2 Å². The van der Waals surface area contributed by atoms with Crippen molar-refractivity contribution in [3.8, 4) is 0 Å². The summed E-state index contributed by atoms with van der Waals surface area (Å²) >= 11 is 0. The maximum absolute atomic E-state index is 9.34. The molecule has 0 aromatic carbocycles. The normalized spacial score (nSPS) is 10.2. The zero-order chi connectivity index (χ0) is 5.15. The average Bonchev–Trinajstić information content (AvgIpc) is 1.36. The van der Waals surface area contributed by atoms with E-state index in [0.29, 0.717) is 0 Å². The molecule has 0 aliphatic carbocycles. The van der Waals surface area contributed by atoms with Crippen LogP contribution in [0.2, 0.25) is 0 Å². The minimum atomic E-state index is -1.44. The number of carboxylic acids is 1. The SMILES string of the molecule is CC(O)C(=O)[O-].N.[Ti]. The van der Waals surface area contributed by atoms with Crippen molar-refractivity contribution in [3.63, 3.8) is 0 Å². The fourth-order valence-corrected chi connectivity index (χ4v) is 0. The molecule has 48 valence electrons. The maximum Gasteiger partial charge on any atom is 0.0905 e. The van der Waals surface area contributed by atoms with Gasteiger partial charge in [0, 0.05) is 21.7 Å². The number of hydrogen-bond donors (Lipinski definition) is 2. The van der Waals surface area contributed by atoms with Gasteiger partial charge < -0.3 is 21.2 Å². The molecule has 0 fully saturated rings. The molecule has 0 aliphatic rings. The van der Waals surface area contributed by atoms with Crippen LogP contribution in [0.15, 0.2) is 0 Å². The van der Waals surface area contributed by atoms with Gasteiger partial charge in [0.05, 0.1) is 12.1 Å². The Bertz CT molecular complexity index is 65.5. The monoisotopic (exact) mass is 154 g/mol. The van der Waals surface area contributed by atoms with Gasteiger partial charge >= 0.3 is 0 Å². The Kier molecular flexibility index (Phi) is 13.9. The predicted octanol–water partition coefficient (Wildman–Crippen LogP) is -1.72. The van der Waals surface area contributed by atoms with Gasteiger partial charge in [-0.2, -0.15) is 0 Å². The van der Waals surface area contributed by atoms with Crippen LogP contribution in [-0.2, 0) is 26.5 Å². The zero-order valence-corrected chi connectivity index (χ0v) is 6.11. The third-order valence-electron chi connectivity index (χ3n) is 0.341. The summed E-state index contributed by atoms with van der Waals surface area (Å²) in [6.07, 6.45) is -1.34. The fourth-order valence-electron chi connectivity index (χ4n) is 0. The van der Waals surface area contributed by atoms with Gasteiger partial charge in [0.2, 0.25) is 0 Å². The number of carboxylic acid groups (broad SMARTS) is 1. The molecule has 5 heteroatoms. The number of hydrogen-bond acceptors (Lipinski definition) is 4. The summed E-state index contributed by atoms with van der Waals surface area (Å²) in [6.45, 7) is 1.13. The molecule has 0 aliphatic heterocycles. The number of carbonyl (C=O) groups excluding carboxylic acids is 1. The minimum Gasteiger partial charge on any atom is -0.547 e. The van der Waals surface area contributed by atoms with Crippen molar-refractivity contribution in [3.05, 3.63) is 0 Å². The molecule has 0 aromatic rings. The van der Waals surface area contributed by atoms with Crippen LogP contribution in [0.25, 0.3) is 0 Å². The Balaban J connectivity index is -0.000000125. The van der Waals surface area contributed by atoms with E-state index in [1.807, 2.05) is 0 Å². The molecule has 0 saturated carbocycles. The average molecular weight is 154 g/mol. The van der Waals surface area contributed by atoms with Crippen molar-refractivity contribution in [2.45, 2.75) is 13.0 Å². The maximum atomic E-state index is 9.34. The molecule has 0 saturated heterocycles. The molecule has 1 unspecified atom stereocenters. The Labute approximate surface area is 62.4 Å². The summed E-state index contributed by atoms with van der Waals surface area (Å²) in [7, 11) is 0. The molecule has 0 aromatic heterocycles. The van der Waals surface area contributed by atoms with Crippen molar-refractivity contribution in [2.75, 3.05) is 0 Å². The molecule has 1 atom stereocenters. The van der Waals surface area contributed by atoms with Crippen molar-refractivity contribution in [1.29, 1.82) is 0 Å². The van der Waals surface area contributed by atoms with Crippen LogP contribution in [0.4, 0.5) is 0 Å². The van der Waals surface area contributed by atoms with Gasteiger partial charge in [-0.05, 0) is 6.92 Å². The molecular formula is C3H8NO3Ti-. The summed E-state index contributed by atoms with van der Waals surface area (Å²) in [5.41, 5.74) is 0. The summed E-state index contributed by atoms with van der Waals surface area (Å²) in [5.74, 6) is -1.44. The molecule has 0 spiro atoms. The van der Waals surface area contributed by atoms with E-state index in [0.717, 1.165) is 6.92 Å². The van der Waals surface area contributed by atoms with E-state index in [4.69, 9.17) is 5.11 Å². The van der Waals surface area contributed by atoms with E-state index in [-0.39, 0.29) is 27.9 Å². The van der Waals surface area contributed by atoms with Gasteiger partial charge in [0.1, 0.15) is 0 Å². The fraction of sp³-hybridized carbons (Fsp3) is 0.667. The first-order chi connectivity index (χ1) is 2.64. The minimum absolute atomic E-state index is 0. The number of rotatable bonds is 1. The summed E-state index contributed by atoms with van der Waals surface area (Å²) in [5, 5.41) is 17.3. The van der Waals surface area contributed by atoms with Gasteiger partial charge in [-0.1, -0.05) is 0 Å². The van der Waals surface area contributed by atoms with E-state index >= 15 is 0 Å². The summed E-state index contributed by atoms with van der Waals surface area (Å²) < 4.78 is 0. The first kappa shape index (κ1) is 15.7. The molecule has 8 heavy (non-hydrogen) atoms. The molecule has 0 amide bonds. The first-order valence-electron chi connectivity index (χ1n) is 1.53. The van der Waals surface area contributed by atoms with Crippen LogP contribution >= 0.6 is 0 Å². The number of aliphatic hydroxyl groups is 1. The smallest absolute Gasteiger partial charge is 0.0905 e. The number of aliphatic carboxylic acids is 1. The zero-order valence-electron chi connectivity index (χ0n) is 4.55. The van der Waals surface area contributed by atoms with Crippen molar-refractivity contribution in [2.24, 2.45) is 0 Å². The standard InChI is InChI=1S/C3H6O3.H3N.Ti/c1-2(4)3(5)6;;/h2,4H,1H3,(H,5,6);1H3;/p-1. The van der Waals surface area contributed by atoms with E-state index in [2.05, 4.69) is 0 Å². The van der Waals surface area contributed by atoms with E-state index < -0.39 is 12.1 Å². The van der Waals surface area contributed by atoms with Gasteiger partial charge in [0.15, 0.2) is 0 Å². The van der Waals surface area contributed by atoms with Crippen molar-refractivity contribution >= 4 is 5.97 Å². The van der Waals surface area contributed by atoms with Crippen molar-refractivity contribution < 1.29 is 36.7 Å². The Morgan fingerprint density at radius 3 is 1.88 bits per heavy atom. The predicted molar refractivity (Wildman–Crippen MR) is 21.7 cm³/mol. The van der Waals surface area contributed by atoms with Crippen LogP contribution in [0.3, 0.4) is 0 Å². The van der Waals surface area contributed by atoms with Gasteiger partial charge in [-0.3, -0.25) is 0 Å². The van der Waals surface area contributed by atoms with Crippen LogP contribution in [0.5, 0.6) is 0 Å². The van der Waals surface area contributed by atoms with Crippen LogP contribution in [0, 0.1) is 0 Å². The molecule has 4 N–H and O–H groups in total.